The first-order valence-corrected chi connectivity index (χ1v) is 7.25. The van der Waals surface area contributed by atoms with Gasteiger partial charge in [0, 0.05) is 24.8 Å². The largest absolute Gasteiger partial charge is 0.354 e. The second kappa shape index (κ2) is 6.30. The lowest BCUT2D eigenvalue weighted by atomic mass is 10.2. The normalized spacial score (nSPS) is 10.5. The van der Waals surface area contributed by atoms with Gasteiger partial charge >= 0.3 is 0 Å². The summed E-state index contributed by atoms with van der Waals surface area (Å²) in [5.41, 5.74) is 2.91. The number of nitrogens with one attached hydrogen (secondary N) is 4. The molecule has 0 fully saturated rings. The molecule has 8 nitrogen and oxygen atoms in total. The van der Waals surface area contributed by atoms with Crippen molar-refractivity contribution in [3.8, 4) is 0 Å². The number of carbonyl (C=O) groups excluding carboxylic acids is 1. The summed E-state index contributed by atoms with van der Waals surface area (Å²) in [5, 5.41) is 9.05. The average Bonchev–Trinajstić information content (AvgIpc) is 2.98. The predicted molar refractivity (Wildman–Crippen MR) is 89.9 cm³/mol. The van der Waals surface area contributed by atoms with Crippen molar-refractivity contribution in [3.05, 3.63) is 30.6 Å². The first-order chi connectivity index (χ1) is 11.2. The molecule has 0 aliphatic carbocycles. The quantitative estimate of drug-likeness (QED) is 0.576. The molecule has 1 amide bonds. The number of hydrogen-bond donors (Lipinski definition) is 4. The highest BCUT2D eigenvalue weighted by Crippen LogP contribution is 2.23. The first-order valence-electron chi connectivity index (χ1n) is 7.25. The summed E-state index contributed by atoms with van der Waals surface area (Å²) in [7, 11) is 0. The minimum absolute atomic E-state index is 0.101. The molecule has 0 bridgehead atoms. The van der Waals surface area contributed by atoms with E-state index in [-0.39, 0.29) is 5.91 Å². The van der Waals surface area contributed by atoms with Gasteiger partial charge in [-0.05, 0) is 31.2 Å². The van der Waals surface area contributed by atoms with Gasteiger partial charge in [0.15, 0.2) is 11.5 Å². The summed E-state index contributed by atoms with van der Waals surface area (Å²) in [5.74, 6) is 1.05. The number of nitrogens with zero attached hydrogens (tertiary/aromatic N) is 3. The van der Waals surface area contributed by atoms with Gasteiger partial charge < -0.3 is 20.9 Å². The van der Waals surface area contributed by atoms with Crippen LogP contribution in [0.2, 0.25) is 0 Å². The second-order valence-corrected chi connectivity index (χ2v) is 4.91. The van der Waals surface area contributed by atoms with E-state index in [0.717, 1.165) is 23.4 Å². The van der Waals surface area contributed by atoms with E-state index in [1.165, 1.54) is 6.92 Å². The number of fused-ring (bicyclic) bond motifs is 1. The molecule has 0 aliphatic rings. The lowest BCUT2D eigenvalue weighted by molar-refractivity contribution is -0.114. The van der Waals surface area contributed by atoms with Crippen LogP contribution in [0.25, 0.3) is 11.2 Å². The van der Waals surface area contributed by atoms with Crippen molar-refractivity contribution in [1.29, 1.82) is 0 Å². The summed E-state index contributed by atoms with van der Waals surface area (Å²) in [6.07, 6.45) is 1.58. The maximum absolute atomic E-state index is 11.0. The molecule has 0 saturated carbocycles. The molecule has 0 radical (unpaired) electrons. The highest BCUT2D eigenvalue weighted by molar-refractivity contribution is 5.89. The van der Waals surface area contributed by atoms with E-state index in [0.29, 0.717) is 17.4 Å². The van der Waals surface area contributed by atoms with Gasteiger partial charge in [-0.1, -0.05) is 0 Å². The fourth-order valence-corrected chi connectivity index (χ4v) is 2.14. The number of benzene rings is 1. The van der Waals surface area contributed by atoms with Gasteiger partial charge in [-0.15, -0.1) is 0 Å². The van der Waals surface area contributed by atoms with Crippen LogP contribution in [-0.2, 0) is 4.79 Å². The Bertz CT molecular complexity index is 825. The van der Waals surface area contributed by atoms with Crippen LogP contribution in [0.1, 0.15) is 13.8 Å². The van der Waals surface area contributed by atoms with Gasteiger partial charge in [-0.3, -0.25) is 4.79 Å². The number of carbonyl (C=O) groups is 1. The van der Waals surface area contributed by atoms with Crippen molar-refractivity contribution in [1.82, 2.24) is 19.9 Å². The van der Waals surface area contributed by atoms with Gasteiger partial charge in [0.1, 0.15) is 5.52 Å². The third-order valence-electron chi connectivity index (χ3n) is 3.09. The molecule has 2 aromatic heterocycles. The Labute approximate surface area is 132 Å². The van der Waals surface area contributed by atoms with Crippen LogP contribution in [0, 0.1) is 0 Å². The summed E-state index contributed by atoms with van der Waals surface area (Å²) in [6, 6.07) is 7.37. The van der Waals surface area contributed by atoms with E-state index in [9.17, 15) is 4.79 Å². The van der Waals surface area contributed by atoms with Crippen LogP contribution < -0.4 is 16.0 Å². The van der Waals surface area contributed by atoms with Crippen molar-refractivity contribution in [2.75, 3.05) is 22.5 Å². The van der Waals surface area contributed by atoms with E-state index in [2.05, 4.69) is 35.9 Å². The Morgan fingerprint density at radius 2 is 1.91 bits per heavy atom. The summed E-state index contributed by atoms with van der Waals surface area (Å²) in [6.45, 7) is 4.18. The van der Waals surface area contributed by atoms with Crippen LogP contribution in [-0.4, -0.2) is 32.4 Å². The SMILES string of the molecule is CCNc1nc(Nc2ccc(NC(C)=O)cc2)c2[nH]cnc2n1. The molecule has 1 aromatic carbocycles. The molecule has 0 atom stereocenters. The van der Waals surface area contributed by atoms with Gasteiger partial charge in [-0.25, -0.2) is 4.98 Å². The monoisotopic (exact) mass is 311 g/mol. The molecular weight excluding hydrogens is 294 g/mol. The average molecular weight is 311 g/mol. The lowest BCUT2D eigenvalue weighted by Crippen LogP contribution is -2.06. The molecule has 8 heteroatoms. The smallest absolute Gasteiger partial charge is 0.226 e. The van der Waals surface area contributed by atoms with Crippen LogP contribution in [0.15, 0.2) is 30.6 Å². The number of amides is 1. The Balaban J connectivity index is 1.88. The zero-order valence-electron chi connectivity index (χ0n) is 12.8. The minimum Gasteiger partial charge on any atom is -0.354 e. The molecule has 3 aromatic rings. The Morgan fingerprint density at radius 1 is 1.17 bits per heavy atom. The number of aromatic amines is 1. The van der Waals surface area contributed by atoms with Crippen molar-refractivity contribution in [3.63, 3.8) is 0 Å². The molecule has 2 heterocycles. The van der Waals surface area contributed by atoms with E-state index in [1.807, 2.05) is 31.2 Å². The number of rotatable bonds is 5. The number of hydrogen-bond acceptors (Lipinski definition) is 6. The topological polar surface area (TPSA) is 108 Å². The summed E-state index contributed by atoms with van der Waals surface area (Å²) in [4.78, 5) is 27.0. The Kier molecular flexibility index (Phi) is 4.05. The fourth-order valence-electron chi connectivity index (χ4n) is 2.14. The summed E-state index contributed by atoms with van der Waals surface area (Å²) >= 11 is 0. The molecule has 0 saturated heterocycles. The van der Waals surface area contributed by atoms with Crippen LogP contribution in [0.3, 0.4) is 0 Å². The lowest BCUT2D eigenvalue weighted by Gasteiger charge is -2.09. The van der Waals surface area contributed by atoms with Crippen LogP contribution in [0.5, 0.6) is 0 Å². The van der Waals surface area contributed by atoms with Gasteiger partial charge in [0.25, 0.3) is 0 Å². The third kappa shape index (κ3) is 3.37. The number of aromatic nitrogens is 4. The molecule has 0 unspecified atom stereocenters. The maximum atomic E-state index is 11.0. The molecule has 3 rings (SSSR count). The molecule has 0 spiro atoms. The van der Waals surface area contributed by atoms with Gasteiger partial charge in [0.2, 0.25) is 11.9 Å². The van der Waals surface area contributed by atoms with Crippen LogP contribution >= 0.6 is 0 Å². The number of imidazole rings is 1. The molecule has 0 aliphatic heterocycles. The van der Waals surface area contributed by atoms with E-state index in [1.54, 1.807) is 6.33 Å². The van der Waals surface area contributed by atoms with Crippen molar-refractivity contribution in [2.24, 2.45) is 0 Å². The first kappa shape index (κ1) is 14.8. The Morgan fingerprint density at radius 3 is 2.61 bits per heavy atom. The highest BCUT2D eigenvalue weighted by atomic mass is 16.1. The van der Waals surface area contributed by atoms with Crippen molar-refractivity contribution in [2.45, 2.75) is 13.8 Å². The zero-order valence-corrected chi connectivity index (χ0v) is 12.8. The fraction of sp³-hybridized carbons (Fsp3) is 0.200. The highest BCUT2D eigenvalue weighted by Gasteiger charge is 2.10. The molecule has 23 heavy (non-hydrogen) atoms. The Hall–Kier alpha value is -3.16. The molecule has 118 valence electrons. The van der Waals surface area contributed by atoms with Crippen molar-refractivity contribution >= 4 is 40.2 Å². The van der Waals surface area contributed by atoms with E-state index in [4.69, 9.17) is 0 Å². The van der Waals surface area contributed by atoms with Gasteiger partial charge in [0.05, 0.1) is 6.33 Å². The van der Waals surface area contributed by atoms with E-state index < -0.39 is 0 Å². The summed E-state index contributed by atoms with van der Waals surface area (Å²) < 4.78 is 0. The second-order valence-electron chi connectivity index (χ2n) is 4.91. The molecule has 4 N–H and O–H groups in total. The van der Waals surface area contributed by atoms with E-state index >= 15 is 0 Å². The molecular formula is C15H17N7O. The third-order valence-corrected chi connectivity index (χ3v) is 3.09. The number of H-pyrrole nitrogens is 1. The van der Waals surface area contributed by atoms with Gasteiger partial charge in [-0.2, -0.15) is 9.97 Å². The zero-order chi connectivity index (χ0) is 16.2. The predicted octanol–water partition coefficient (Wildman–Crippen LogP) is 2.49. The minimum atomic E-state index is -0.101. The van der Waals surface area contributed by atoms with Crippen molar-refractivity contribution < 1.29 is 4.79 Å². The van der Waals surface area contributed by atoms with Crippen LogP contribution in [0.4, 0.5) is 23.1 Å². The maximum Gasteiger partial charge on any atom is 0.226 e. The standard InChI is InChI=1S/C15H17N7O/c1-3-16-15-21-13-12(17-8-18-13)14(22-15)20-11-6-4-10(5-7-11)19-9(2)23/h4-8H,3H2,1-2H3,(H,19,23)(H3,16,17,18,20,21,22). The number of anilines is 4.